The van der Waals surface area contributed by atoms with Crippen LogP contribution in [-0.2, 0) is 11.1 Å². The van der Waals surface area contributed by atoms with Crippen molar-refractivity contribution < 1.29 is 18.2 Å². The fourth-order valence-corrected chi connectivity index (χ4v) is 2.50. The van der Waals surface area contributed by atoms with E-state index in [1.54, 1.807) is 24.3 Å². The van der Waals surface area contributed by atoms with E-state index < -0.39 is 11.1 Å². The van der Waals surface area contributed by atoms with Crippen LogP contribution >= 0.6 is 11.6 Å². The van der Waals surface area contributed by atoms with Gasteiger partial charge in [0.15, 0.2) is 22.6 Å². The molecule has 0 saturated heterocycles. The van der Waals surface area contributed by atoms with Crippen molar-refractivity contribution in [2.45, 2.75) is 4.90 Å². The van der Waals surface area contributed by atoms with E-state index in [4.69, 9.17) is 25.6 Å². The molecule has 0 spiro atoms. The van der Waals surface area contributed by atoms with Gasteiger partial charge in [0.25, 0.3) is 0 Å². The van der Waals surface area contributed by atoms with E-state index in [2.05, 4.69) is 0 Å². The maximum Gasteiger partial charge on any atom is 0.186 e. The van der Waals surface area contributed by atoms with Crippen LogP contribution in [0, 0.1) is 0 Å². The summed E-state index contributed by atoms with van der Waals surface area (Å²) in [4.78, 5) is 0.311. The average molecular weight is 287 g/mol. The van der Waals surface area contributed by atoms with Crippen LogP contribution in [0.5, 0.6) is 11.5 Å². The number of methoxy groups -OCH3 is 2. The van der Waals surface area contributed by atoms with Crippen LogP contribution in [0.1, 0.15) is 0 Å². The first-order valence-corrected chi connectivity index (χ1v) is 6.52. The number of benzene rings is 2. The zero-order valence-electron chi connectivity index (χ0n) is 9.77. The molecule has 0 amide bonds. The van der Waals surface area contributed by atoms with E-state index >= 15 is 0 Å². The predicted octanol–water partition coefficient (Wildman–Crippen LogP) is 3.09. The molecule has 1 N–H and O–H groups in total. The van der Waals surface area contributed by atoms with E-state index in [9.17, 15) is 4.21 Å². The summed E-state index contributed by atoms with van der Waals surface area (Å²) in [5.41, 5.74) is 0. The normalized spacial score (nSPS) is 12.4. The Morgan fingerprint density at radius 2 is 1.94 bits per heavy atom. The van der Waals surface area contributed by atoms with Crippen molar-refractivity contribution >= 4 is 33.5 Å². The lowest BCUT2D eigenvalue weighted by Crippen LogP contribution is -1.93. The summed E-state index contributed by atoms with van der Waals surface area (Å²) in [5, 5.41) is 1.88. The lowest BCUT2D eigenvalue weighted by Gasteiger charge is -2.12. The van der Waals surface area contributed by atoms with Gasteiger partial charge in [-0.1, -0.05) is 17.7 Å². The van der Waals surface area contributed by atoms with Crippen molar-refractivity contribution in [3.8, 4) is 11.5 Å². The first-order valence-electron chi connectivity index (χ1n) is 5.03. The van der Waals surface area contributed by atoms with Crippen molar-refractivity contribution in [1.29, 1.82) is 0 Å². The Morgan fingerprint density at radius 1 is 1.22 bits per heavy atom. The summed E-state index contributed by atoms with van der Waals surface area (Å²) in [5.74, 6) is 0.931. The lowest BCUT2D eigenvalue weighted by molar-refractivity contribution is 0.356. The topological polar surface area (TPSA) is 55.8 Å². The molecule has 2 aromatic rings. The van der Waals surface area contributed by atoms with E-state index in [0.717, 1.165) is 10.8 Å². The number of ether oxygens (including phenoxy) is 2. The molecule has 6 heteroatoms. The van der Waals surface area contributed by atoms with Crippen LogP contribution in [0.4, 0.5) is 0 Å². The molecule has 18 heavy (non-hydrogen) atoms. The molecule has 0 heterocycles. The standard InChI is InChI=1S/C12H11ClO4S/c1-16-10-6-7-5-8(18(14)15)3-4-9(7)11(13)12(10)17-2/h3-6H,1-2H3,(H,14,15). The van der Waals surface area contributed by atoms with Crippen molar-refractivity contribution in [2.75, 3.05) is 14.2 Å². The molecule has 2 aromatic carbocycles. The lowest BCUT2D eigenvalue weighted by atomic mass is 10.1. The minimum absolute atomic E-state index is 0.311. The van der Waals surface area contributed by atoms with Crippen LogP contribution in [-0.4, -0.2) is 23.0 Å². The summed E-state index contributed by atoms with van der Waals surface area (Å²) in [6.07, 6.45) is 0. The van der Waals surface area contributed by atoms with Gasteiger partial charge >= 0.3 is 0 Å². The van der Waals surface area contributed by atoms with E-state index in [0.29, 0.717) is 21.4 Å². The Hall–Kier alpha value is -1.30. The highest BCUT2D eigenvalue weighted by Crippen LogP contribution is 2.41. The molecular formula is C12H11ClO4S. The SMILES string of the molecule is COc1cc2cc(S(=O)O)ccc2c(Cl)c1OC. The van der Waals surface area contributed by atoms with Crippen molar-refractivity contribution in [3.05, 3.63) is 29.3 Å². The zero-order valence-corrected chi connectivity index (χ0v) is 11.3. The van der Waals surface area contributed by atoms with Gasteiger partial charge < -0.3 is 14.0 Å². The summed E-state index contributed by atoms with van der Waals surface area (Å²) >= 11 is 4.19. The molecule has 0 fully saturated rings. The second kappa shape index (κ2) is 5.14. The molecule has 0 aliphatic carbocycles. The van der Waals surface area contributed by atoms with Gasteiger partial charge in [-0.25, -0.2) is 4.21 Å². The Labute approximate surface area is 112 Å². The summed E-state index contributed by atoms with van der Waals surface area (Å²) in [6, 6.07) is 6.55. The monoisotopic (exact) mass is 286 g/mol. The third kappa shape index (κ3) is 2.16. The Bertz CT molecular complexity index is 627. The Balaban J connectivity index is 2.77. The highest BCUT2D eigenvalue weighted by molar-refractivity contribution is 7.79. The maximum absolute atomic E-state index is 11.0. The third-order valence-corrected chi connectivity index (χ3v) is 3.63. The molecule has 1 unspecified atom stereocenters. The fraction of sp³-hybridized carbons (Fsp3) is 0.167. The van der Waals surface area contributed by atoms with Crippen LogP contribution in [0.15, 0.2) is 29.2 Å². The molecule has 0 aliphatic rings. The zero-order chi connectivity index (χ0) is 13.3. The summed E-state index contributed by atoms with van der Waals surface area (Å²) in [7, 11) is 3.01. The van der Waals surface area contributed by atoms with Gasteiger partial charge in [0.2, 0.25) is 0 Å². The molecule has 96 valence electrons. The number of hydrogen-bond acceptors (Lipinski definition) is 3. The van der Waals surface area contributed by atoms with E-state index in [1.165, 1.54) is 14.2 Å². The molecule has 0 radical (unpaired) electrons. The van der Waals surface area contributed by atoms with Gasteiger partial charge in [-0.05, 0) is 23.6 Å². The highest BCUT2D eigenvalue weighted by atomic mass is 35.5. The van der Waals surface area contributed by atoms with E-state index in [1.807, 2.05) is 0 Å². The molecule has 0 bridgehead atoms. The molecular weight excluding hydrogens is 276 g/mol. The second-order valence-electron chi connectivity index (χ2n) is 3.56. The van der Waals surface area contributed by atoms with Gasteiger partial charge in [0, 0.05) is 5.39 Å². The van der Waals surface area contributed by atoms with Crippen molar-refractivity contribution in [3.63, 3.8) is 0 Å². The molecule has 0 aliphatic heterocycles. The molecule has 4 nitrogen and oxygen atoms in total. The van der Waals surface area contributed by atoms with Crippen LogP contribution in [0.3, 0.4) is 0 Å². The van der Waals surface area contributed by atoms with Gasteiger partial charge in [0.1, 0.15) is 0 Å². The van der Waals surface area contributed by atoms with Crippen molar-refractivity contribution in [1.82, 2.24) is 0 Å². The minimum atomic E-state index is -2.02. The maximum atomic E-state index is 11.0. The second-order valence-corrected chi connectivity index (χ2v) is 4.91. The van der Waals surface area contributed by atoms with Gasteiger partial charge in [-0.15, -0.1) is 0 Å². The van der Waals surface area contributed by atoms with Gasteiger partial charge in [0.05, 0.1) is 24.1 Å². The van der Waals surface area contributed by atoms with E-state index in [-0.39, 0.29) is 0 Å². The average Bonchev–Trinajstić information content (AvgIpc) is 2.37. The number of hydrogen-bond donors (Lipinski definition) is 1. The van der Waals surface area contributed by atoms with Crippen LogP contribution < -0.4 is 9.47 Å². The first kappa shape index (κ1) is 13.1. The third-order valence-electron chi connectivity index (χ3n) is 2.59. The summed E-state index contributed by atoms with van der Waals surface area (Å²) in [6.45, 7) is 0. The number of rotatable bonds is 3. The fourth-order valence-electron chi connectivity index (χ4n) is 1.75. The molecule has 0 saturated carbocycles. The Morgan fingerprint density at radius 3 is 2.50 bits per heavy atom. The highest BCUT2D eigenvalue weighted by Gasteiger charge is 2.14. The first-order chi connectivity index (χ1) is 8.58. The van der Waals surface area contributed by atoms with Crippen molar-refractivity contribution in [2.24, 2.45) is 0 Å². The summed E-state index contributed by atoms with van der Waals surface area (Å²) < 4.78 is 30.5. The van der Waals surface area contributed by atoms with Crippen LogP contribution in [0.2, 0.25) is 5.02 Å². The largest absolute Gasteiger partial charge is 0.493 e. The van der Waals surface area contributed by atoms with Gasteiger partial charge in [-0.3, -0.25) is 0 Å². The van der Waals surface area contributed by atoms with Gasteiger partial charge in [-0.2, -0.15) is 0 Å². The number of halogens is 1. The Kier molecular flexibility index (Phi) is 3.75. The predicted molar refractivity (Wildman–Crippen MR) is 71.1 cm³/mol. The molecule has 2 rings (SSSR count). The number of fused-ring (bicyclic) bond motifs is 1. The van der Waals surface area contributed by atoms with Crippen LogP contribution in [0.25, 0.3) is 10.8 Å². The smallest absolute Gasteiger partial charge is 0.186 e. The molecule has 1 atom stereocenters. The minimum Gasteiger partial charge on any atom is -0.493 e. The molecule has 0 aromatic heterocycles. The quantitative estimate of drug-likeness (QED) is 0.881.